The highest BCUT2D eigenvalue weighted by Gasteiger charge is 2.14. The summed E-state index contributed by atoms with van der Waals surface area (Å²) < 4.78 is 8.09. The quantitative estimate of drug-likeness (QED) is 0.200. The Bertz CT molecular complexity index is 1240. The highest BCUT2D eigenvalue weighted by Crippen LogP contribution is 2.25. The number of imidazole rings is 1. The number of ether oxygens (including phenoxy) is 1. The van der Waals surface area contributed by atoms with E-state index in [0.29, 0.717) is 5.84 Å². The summed E-state index contributed by atoms with van der Waals surface area (Å²) in [6.45, 7) is 11.2. The zero-order chi connectivity index (χ0) is 24.6. The van der Waals surface area contributed by atoms with Crippen LogP contribution >= 0.6 is 11.3 Å². The van der Waals surface area contributed by atoms with Crippen LogP contribution in [0.15, 0.2) is 65.0 Å². The molecule has 2 heterocycles. The molecule has 0 saturated carbocycles. The molecule has 4 aromatic rings. The van der Waals surface area contributed by atoms with Crippen LogP contribution in [0.5, 0.6) is 5.75 Å². The van der Waals surface area contributed by atoms with Crippen LogP contribution in [0.3, 0.4) is 0 Å². The van der Waals surface area contributed by atoms with E-state index < -0.39 is 0 Å². The first-order valence-corrected chi connectivity index (χ1v) is 13.3. The number of hydrogen-bond acceptors (Lipinski definition) is 5. The maximum Gasteiger partial charge on any atom is 0.141 e. The van der Waals surface area contributed by atoms with E-state index in [1.807, 2.05) is 35.7 Å². The highest BCUT2D eigenvalue weighted by molar-refractivity contribution is 7.12. The van der Waals surface area contributed by atoms with Gasteiger partial charge in [0.05, 0.1) is 28.2 Å². The summed E-state index contributed by atoms with van der Waals surface area (Å²) >= 11 is 1.60. The zero-order valence-electron chi connectivity index (χ0n) is 20.9. The number of amidine groups is 1. The van der Waals surface area contributed by atoms with Crippen LogP contribution in [-0.2, 0) is 13.0 Å². The minimum Gasteiger partial charge on any atom is -0.494 e. The number of hydrogen-bond donors (Lipinski definition) is 1. The van der Waals surface area contributed by atoms with Crippen molar-refractivity contribution in [3.63, 3.8) is 0 Å². The predicted molar refractivity (Wildman–Crippen MR) is 147 cm³/mol. The molecule has 2 aromatic heterocycles. The zero-order valence-corrected chi connectivity index (χ0v) is 21.7. The molecule has 2 N–H and O–H groups in total. The number of thiophene rings is 1. The summed E-state index contributed by atoms with van der Waals surface area (Å²) in [4.78, 5) is 13.1. The van der Waals surface area contributed by atoms with E-state index in [-0.39, 0.29) is 0 Å². The maximum atomic E-state index is 6.26. The van der Waals surface area contributed by atoms with Gasteiger partial charge >= 0.3 is 0 Å². The van der Waals surface area contributed by atoms with Crippen molar-refractivity contribution in [2.24, 2.45) is 10.7 Å². The molecule has 0 saturated heterocycles. The molecule has 0 unspecified atom stereocenters. The normalized spacial score (nSPS) is 12.1. The smallest absolute Gasteiger partial charge is 0.141 e. The Kier molecular flexibility index (Phi) is 8.55. The molecule has 6 nitrogen and oxygen atoms in total. The fourth-order valence-electron chi connectivity index (χ4n) is 4.12. The first kappa shape index (κ1) is 24.9. The van der Waals surface area contributed by atoms with E-state index in [2.05, 4.69) is 59.5 Å². The second-order valence-electron chi connectivity index (χ2n) is 8.52. The van der Waals surface area contributed by atoms with Gasteiger partial charge in [-0.15, -0.1) is 11.3 Å². The lowest BCUT2D eigenvalue weighted by Crippen LogP contribution is -2.27. The minimum atomic E-state index is 0.541. The van der Waals surface area contributed by atoms with Gasteiger partial charge in [0.25, 0.3) is 0 Å². The number of likely N-dealkylation sites (N-methyl/N-ethyl adjacent to an activating group) is 1. The topological polar surface area (TPSA) is 68.7 Å². The van der Waals surface area contributed by atoms with Gasteiger partial charge in [-0.05, 0) is 66.9 Å². The molecule has 35 heavy (non-hydrogen) atoms. The molecule has 184 valence electrons. The molecule has 7 heteroatoms. The van der Waals surface area contributed by atoms with Crippen molar-refractivity contribution in [2.45, 2.75) is 40.2 Å². The number of aromatic nitrogens is 2. The molecule has 0 fully saturated rings. The average Bonchev–Trinajstić information content (AvgIpc) is 3.53. The standard InChI is InChI=1S/C28H35N5OS/c1-4-17-34-23-12-9-21(10-13-23)19-27-31-24-14-11-22(30-28(29)26-8-7-18-35-26)20-25(24)33(27)16-15-32(5-2)6-3/h7-14,18,20H,4-6,15-17,19H2,1-3H3,(H2,29,30). The lowest BCUT2D eigenvalue weighted by atomic mass is 10.1. The molecule has 0 spiro atoms. The minimum absolute atomic E-state index is 0.541. The number of aliphatic imine (C=N–C) groups is 1. The number of nitrogens with zero attached hydrogens (tertiary/aromatic N) is 4. The fourth-order valence-corrected chi connectivity index (χ4v) is 4.75. The first-order chi connectivity index (χ1) is 17.1. The Balaban J connectivity index is 1.65. The summed E-state index contributed by atoms with van der Waals surface area (Å²) in [6, 6.07) is 18.5. The van der Waals surface area contributed by atoms with Gasteiger partial charge < -0.3 is 19.9 Å². The molecule has 0 aliphatic rings. The average molecular weight is 490 g/mol. The van der Waals surface area contributed by atoms with Crippen molar-refractivity contribution in [1.29, 1.82) is 0 Å². The van der Waals surface area contributed by atoms with Crippen LogP contribution in [0.1, 0.15) is 43.5 Å². The second kappa shape index (κ2) is 12.0. The third-order valence-corrected chi connectivity index (χ3v) is 7.02. The summed E-state index contributed by atoms with van der Waals surface area (Å²) in [5.74, 6) is 2.51. The summed E-state index contributed by atoms with van der Waals surface area (Å²) in [7, 11) is 0. The van der Waals surface area contributed by atoms with Gasteiger partial charge in [-0.1, -0.05) is 39.0 Å². The highest BCUT2D eigenvalue weighted by atomic mass is 32.1. The van der Waals surface area contributed by atoms with Gasteiger partial charge in [-0.2, -0.15) is 0 Å². The number of nitrogens with two attached hydrogens (primary N) is 1. The first-order valence-electron chi connectivity index (χ1n) is 12.4. The van der Waals surface area contributed by atoms with Gasteiger partial charge in [0.15, 0.2) is 0 Å². The van der Waals surface area contributed by atoms with Gasteiger partial charge in [-0.3, -0.25) is 0 Å². The summed E-state index contributed by atoms with van der Waals surface area (Å²) in [5.41, 5.74) is 10.4. The monoisotopic (exact) mass is 489 g/mol. The van der Waals surface area contributed by atoms with Crippen LogP contribution in [-0.4, -0.2) is 46.5 Å². The van der Waals surface area contributed by atoms with Gasteiger partial charge in [0.1, 0.15) is 17.4 Å². The van der Waals surface area contributed by atoms with E-state index in [4.69, 9.17) is 15.5 Å². The molecule has 0 atom stereocenters. The van der Waals surface area contributed by atoms with Crippen molar-refractivity contribution in [3.05, 3.63) is 76.2 Å². The Morgan fingerprint density at radius 1 is 1.09 bits per heavy atom. The van der Waals surface area contributed by atoms with Crippen LogP contribution in [0.2, 0.25) is 0 Å². The Labute approximate surface area is 212 Å². The predicted octanol–water partition coefficient (Wildman–Crippen LogP) is 5.86. The van der Waals surface area contributed by atoms with Crippen LogP contribution in [0.25, 0.3) is 11.0 Å². The molecule has 0 bridgehead atoms. The SMILES string of the molecule is CCCOc1ccc(Cc2nc3ccc(N=C(N)c4cccs4)cc3n2CCN(CC)CC)cc1. The van der Waals surface area contributed by atoms with Gasteiger partial charge in [0, 0.05) is 19.5 Å². The van der Waals surface area contributed by atoms with Crippen molar-refractivity contribution >= 4 is 33.9 Å². The van der Waals surface area contributed by atoms with E-state index in [1.54, 1.807) is 11.3 Å². The van der Waals surface area contributed by atoms with Gasteiger partial charge in [-0.25, -0.2) is 9.98 Å². The second-order valence-corrected chi connectivity index (χ2v) is 9.47. The van der Waals surface area contributed by atoms with E-state index in [1.165, 1.54) is 5.56 Å². The van der Waals surface area contributed by atoms with Crippen molar-refractivity contribution in [3.8, 4) is 5.75 Å². The van der Waals surface area contributed by atoms with Gasteiger partial charge in [0.2, 0.25) is 0 Å². The Morgan fingerprint density at radius 2 is 1.89 bits per heavy atom. The van der Waals surface area contributed by atoms with Crippen LogP contribution in [0.4, 0.5) is 5.69 Å². The van der Waals surface area contributed by atoms with Crippen molar-refractivity contribution < 1.29 is 4.74 Å². The van der Waals surface area contributed by atoms with Crippen LogP contribution in [0, 0.1) is 0 Å². The molecule has 4 rings (SSSR count). The van der Waals surface area contributed by atoms with E-state index >= 15 is 0 Å². The lowest BCUT2D eigenvalue weighted by Gasteiger charge is -2.19. The van der Waals surface area contributed by atoms with Crippen molar-refractivity contribution in [1.82, 2.24) is 14.5 Å². The largest absolute Gasteiger partial charge is 0.494 e. The molecule has 2 aromatic carbocycles. The third kappa shape index (κ3) is 6.29. The third-order valence-electron chi connectivity index (χ3n) is 6.13. The number of benzene rings is 2. The van der Waals surface area contributed by atoms with E-state index in [0.717, 1.165) is 78.8 Å². The maximum absolute atomic E-state index is 6.26. The Morgan fingerprint density at radius 3 is 2.57 bits per heavy atom. The lowest BCUT2D eigenvalue weighted by molar-refractivity contribution is 0.291. The number of fused-ring (bicyclic) bond motifs is 1. The molecule has 0 aliphatic heterocycles. The van der Waals surface area contributed by atoms with Crippen molar-refractivity contribution in [2.75, 3.05) is 26.2 Å². The van der Waals surface area contributed by atoms with Crippen LogP contribution < -0.4 is 10.5 Å². The summed E-state index contributed by atoms with van der Waals surface area (Å²) in [5, 5.41) is 2.01. The molecule has 0 amide bonds. The Hall–Kier alpha value is -3.16. The number of rotatable bonds is 12. The summed E-state index contributed by atoms with van der Waals surface area (Å²) in [6.07, 6.45) is 1.76. The molecule has 0 aliphatic carbocycles. The fraction of sp³-hybridized carbons (Fsp3) is 0.357. The van der Waals surface area contributed by atoms with E-state index in [9.17, 15) is 0 Å². The molecule has 0 radical (unpaired) electrons. The molecular formula is C28H35N5OS. The molecular weight excluding hydrogens is 454 g/mol.